The Bertz CT molecular complexity index is 1200. The van der Waals surface area contributed by atoms with Crippen LogP contribution >= 0.6 is 0 Å². The van der Waals surface area contributed by atoms with Gasteiger partial charge in [-0.25, -0.2) is 0 Å². The van der Waals surface area contributed by atoms with Gasteiger partial charge in [-0.2, -0.15) is 0 Å². The van der Waals surface area contributed by atoms with E-state index in [2.05, 4.69) is 20.8 Å². The van der Waals surface area contributed by atoms with Crippen molar-refractivity contribution in [3.8, 4) is 0 Å². The van der Waals surface area contributed by atoms with Crippen LogP contribution in [0.3, 0.4) is 0 Å². The van der Waals surface area contributed by atoms with E-state index in [0.717, 1.165) is 57.8 Å². The van der Waals surface area contributed by atoms with Crippen LogP contribution in [0.1, 0.15) is 151 Å². The molecule has 1 aliphatic heterocycles. The highest BCUT2D eigenvalue weighted by Gasteiger charge is 2.42. The second-order valence-corrected chi connectivity index (χ2v) is 15.4. The normalized spacial score (nSPS) is 15.7. The van der Waals surface area contributed by atoms with Crippen molar-refractivity contribution in [2.75, 3.05) is 26.4 Å². The summed E-state index contributed by atoms with van der Waals surface area (Å²) >= 11 is 0. The predicted octanol–water partition coefficient (Wildman–Crippen LogP) is 5.10. The van der Waals surface area contributed by atoms with Crippen molar-refractivity contribution in [1.82, 2.24) is 17.2 Å². The van der Waals surface area contributed by atoms with Crippen LogP contribution < -0.4 is 22.5 Å². The van der Waals surface area contributed by atoms with Crippen LogP contribution in [-0.2, 0) is 47.8 Å². The molecule has 1 saturated heterocycles. The molecular weight excluding hydrogens is 726 g/mol. The van der Waals surface area contributed by atoms with Crippen LogP contribution in [0.2, 0.25) is 0 Å². The van der Waals surface area contributed by atoms with Gasteiger partial charge >= 0.3 is 17.9 Å². The summed E-state index contributed by atoms with van der Waals surface area (Å²) in [6, 6.07) is -1.04. The monoisotopic (exact) mass is 802 g/mol. The van der Waals surface area contributed by atoms with E-state index >= 15 is 0 Å². The number of rotatable bonds is 31. The molecule has 0 saturated carbocycles. The molecule has 0 aliphatic carbocycles. The molecule has 6 unspecified atom stereocenters. The quantitative estimate of drug-likeness (QED) is 0.0401. The van der Waals surface area contributed by atoms with Gasteiger partial charge < -0.3 is 51.2 Å². The SMILES string of the molecule is CCCCCCCCOC(=O)C(C)CC(CCC(COC(=O)CC(C)=O)C(C(=O)[O-])C(C(=O)[O-])C(CC)N1CCCC1=O)C(=O)OCCCCCC(C)C.[NH4+].[NH4+]. The first-order valence-corrected chi connectivity index (χ1v) is 20.3. The molecule has 0 bridgehead atoms. The van der Waals surface area contributed by atoms with Crippen LogP contribution in [0.5, 0.6) is 0 Å². The molecule has 0 spiro atoms. The summed E-state index contributed by atoms with van der Waals surface area (Å²) in [6.07, 6.45) is 9.70. The average molecular weight is 802 g/mol. The molecule has 8 N–H and O–H groups in total. The number of hydrogen-bond donors (Lipinski definition) is 2. The highest BCUT2D eigenvalue weighted by molar-refractivity contribution is 5.94. The fraction of sp³-hybridized carbons (Fsp3) is 0.829. The van der Waals surface area contributed by atoms with Crippen molar-refractivity contribution in [3.05, 3.63) is 0 Å². The van der Waals surface area contributed by atoms with Gasteiger partial charge in [-0.15, -0.1) is 0 Å². The van der Waals surface area contributed by atoms with Crippen LogP contribution in [0, 0.1) is 35.5 Å². The van der Waals surface area contributed by atoms with Crippen LogP contribution in [0.25, 0.3) is 0 Å². The molecule has 15 nitrogen and oxygen atoms in total. The maximum Gasteiger partial charge on any atom is 0.313 e. The minimum atomic E-state index is -1.80. The second-order valence-electron chi connectivity index (χ2n) is 15.4. The maximum absolute atomic E-state index is 13.6. The number of unbranched alkanes of at least 4 members (excludes halogenated alkanes) is 7. The Morgan fingerprint density at radius 3 is 1.82 bits per heavy atom. The summed E-state index contributed by atoms with van der Waals surface area (Å²) in [5.41, 5.74) is 0. The Morgan fingerprint density at radius 1 is 0.732 bits per heavy atom. The molecule has 0 radical (unpaired) electrons. The first-order chi connectivity index (χ1) is 25.6. The number of nitrogens with zero attached hydrogens (tertiary/aromatic N) is 1. The molecule has 1 fully saturated rings. The van der Waals surface area contributed by atoms with E-state index in [-0.39, 0.29) is 70.1 Å². The van der Waals surface area contributed by atoms with Crippen molar-refractivity contribution in [2.24, 2.45) is 35.5 Å². The van der Waals surface area contributed by atoms with Gasteiger partial charge in [-0.05, 0) is 57.8 Å². The van der Waals surface area contributed by atoms with E-state index in [1.54, 1.807) is 13.8 Å². The highest BCUT2D eigenvalue weighted by atomic mass is 16.5. The van der Waals surface area contributed by atoms with E-state index in [1.807, 2.05) is 0 Å². The van der Waals surface area contributed by atoms with Crippen molar-refractivity contribution in [1.29, 1.82) is 0 Å². The number of ketones is 1. The molecule has 6 atom stereocenters. The molecule has 15 heteroatoms. The largest absolute Gasteiger partial charge is 0.550 e. The number of ether oxygens (including phenoxy) is 3. The summed E-state index contributed by atoms with van der Waals surface area (Å²) in [6.45, 7) is 11.0. The lowest BCUT2D eigenvalue weighted by Gasteiger charge is -2.42. The third-order valence-corrected chi connectivity index (χ3v) is 10.3. The van der Waals surface area contributed by atoms with Gasteiger partial charge in [-0.1, -0.05) is 86.0 Å². The lowest BCUT2D eigenvalue weighted by atomic mass is 9.74. The lowest BCUT2D eigenvalue weighted by Crippen LogP contribution is -2.56. The number of carbonyl (C=O) groups is 7. The molecule has 56 heavy (non-hydrogen) atoms. The zero-order valence-corrected chi connectivity index (χ0v) is 35.7. The van der Waals surface area contributed by atoms with Gasteiger partial charge in [0.25, 0.3) is 0 Å². The fourth-order valence-electron chi connectivity index (χ4n) is 7.27. The summed E-state index contributed by atoms with van der Waals surface area (Å²) in [4.78, 5) is 90.3. The van der Waals surface area contributed by atoms with Crippen LogP contribution in [-0.4, -0.2) is 78.8 Å². The molecule has 0 aromatic carbocycles. The Balaban J connectivity index is 0. The number of esters is 3. The smallest absolute Gasteiger partial charge is 0.313 e. The van der Waals surface area contributed by atoms with Crippen molar-refractivity contribution < 1.29 is 58.0 Å². The van der Waals surface area contributed by atoms with Gasteiger partial charge in [0.15, 0.2) is 0 Å². The number of carbonyl (C=O) groups excluding carboxylic acids is 7. The molecule has 0 aromatic heterocycles. The van der Waals surface area contributed by atoms with Gasteiger partial charge in [0, 0.05) is 48.7 Å². The fourth-order valence-corrected chi connectivity index (χ4v) is 7.27. The number of aliphatic carboxylic acids is 2. The van der Waals surface area contributed by atoms with Crippen LogP contribution in [0.15, 0.2) is 0 Å². The number of Topliss-reactive ketones (excluding diaryl/α,β-unsaturated/α-hetero) is 1. The summed E-state index contributed by atoms with van der Waals surface area (Å²) in [7, 11) is 0. The lowest BCUT2D eigenvalue weighted by molar-refractivity contribution is -0.331. The number of carboxylic acids is 2. The van der Waals surface area contributed by atoms with Crippen molar-refractivity contribution in [2.45, 2.75) is 157 Å². The standard InChI is InChI=1S/C41H69NO12.2H3N/c1-7-9-10-11-12-15-23-52-40(50)29(5)25-31(41(51)53-24-16-13-14-18-28(3)4)20-21-32(27-54-35(45)26-30(6)43)36(38(46)47)37(39(48)49)33(8-2)42-22-17-19-34(42)44;;/h28-29,31-33,36-37H,7-27H2,1-6H3,(H,46,47)(H,48,49);2*1H3. The summed E-state index contributed by atoms with van der Waals surface area (Å²) in [5.74, 6) is -12.0. The Hall–Kier alpha value is -3.59. The number of hydrogen-bond acceptors (Lipinski definition) is 12. The third kappa shape index (κ3) is 21.1. The minimum Gasteiger partial charge on any atom is -0.550 e. The molecule has 1 heterocycles. The molecule has 0 aromatic rings. The molecular formula is C41H75N3O12. The molecule has 1 amide bonds. The molecule has 1 aliphatic rings. The van der Waals surface area contributed by atoms with Gasteiger partial charge in [0.1, 0.15) is 12.2 Å². The molecule has 326 valence electrons. The Kier molecular flexibility index (Phi) is 29.7. The third-order valence-electron chi connectivity index (χ3n) is 10.3. The van der Waals surface area contributed by atoms with E-state index < -0.39 is 84.3 Å². The maximum atomic E-state index is 13.6. The van der Waals surface area contributed by atoms with Crippen molar-refractivity contribution in [3.63, 3.8) is 0 Å². The first-order valence-electron chi connectivity index (χ1n) is 20.3. The van der Waals surface area contributed by atoms with Gasteiger partial charge in [0.05, 0.1) is 31.7 Å². The van der Waals surface area contributed by atoms with Crippen LogP contribution in [0.4, 0.5) is 0 Å². The Labute approximate surface area is 334 Å². The van der Waals surface area contributed by atoms with E-state index in [1.165, 1.54) is 11.8 Å². The molecule has 1 rings (SSSR count). The van der Waals surface area contributed by atoms with E-state index in [4.69, 9.17) is 14.2 Å². The van der Waals surface area contributed by atoms with E-state index in [9.17, 15) is 43.8 Å². The highest BCUT2D eigenvalue weighted by Crippen LogP contribution is 2.35. The number of quaternary nitrogens is 2. The van der Waals surface area contributed by atoms with E-state index in [0.29, 0.717) is 18.8 Å². The number of amides is 1. The average Bonchev–Trinajstić information content (AvgIpc) is 3.53. The second kappa shape index (κ2) is 30.5. The number of carboxylic acid groups (broad SMARTS) is 2. The minimum absolute atomic E-state index is 0. The number of likely N-dealkylation sites (tertiary alicyclic amines) is 1. The predicted molar refractivity (Wildman–Crippen MR) is 209 cm³/mol. The zero-order chi connectivity index (χ0) is 40.6. The topological polar surface area (TPSA) is 270 Å². The van der Waals surface area contributed by atoms with Gasteiger partial charge in [0.2, 0.25) is 5.91 Å². The Morgan fingerprint density at radius 2 is 1.30 bits per heavy atom. The summed E-state index contributed by atoms with van der Waals surface area (Å²) < 4.78 is 16.5. The first kappa shape index (κ1) is 54.5. The van der Waals surface area contributed by atoms with Gasteiger partial charge in [-0.3, -0.25) is 24.0 Å². The zero-order valence-electron chi connectivity index (χ0n) is 35.7. The van der Waals surface area contributed by atoms with Crippen molar-refractivity contribution >= 4 is 41.5 Å². The summed E-state index contributed by atoms with van der Waals surface area (Å²) in [5, 5.41) is 25.6.